The number of nitrogens with zero attached hydrogens (tertiary/aromatic N) is 3. The maximum atomic E-state index is 12.1. The smallest absolute Gasteiger partial charge is 0.256 e. The summed E-state index contributed by atoms with van der Waals surface area (Å²) in [6, 6.07) is 5.37. The van der Waals surface area contributed by atoms with Crippen LogP contribution in [0, 0.1) is 0 Å². The van der Waals surface area contributed by atoms with Gasteiger partial charge in [-0.25, -0.2) is 4.98 Å². The molecule has 1 aliphatic rings. The van der Waals surface area contributed by atoms with Crippen LogP contribution in [-0.2, 0) is 4.79 Å². The van der Waals surface area contributed by atoms with Crippen molar-refractivity contribution >= 4 is 40.4 Å². The van der Waals surface area contributed by atoms with Gasteiger partial charge < -0.3 is 14.2 Å². The van der Waals surface area contributed by atoms with E-state index in [2.05, 4.69) is 16.9 Å². The Labute approximate surface area is 138 Å². The molecular formula is C15H18ClN3O2S. The molecule has 1 saturated heterocycles. The number of fused-ring (bicyclic) bond motifs is 1. The van der Waals surface area contributed by atoms with Crippen molar-refractivity contribution in [3.8, 4) is 0 Å². The lowest BCUT2D eigenvalue weighted by Gasteiger charge is -2.32. The fourth-order valence-electron chi connectivity index (χ4n) is 2.38. The first-order valence-corrected chi connectivity index (χ1v) is 8.63. The van der Waals surface area contributed by atoms with Crippen molar-refractivity contribution < 1.29 is 9.21 Å². The Morgan fingerprint density at radius 1 is 1.36 bits per heavy atom. The van der Waals surface area contributed by atoms with E-state index in [9.17, 15) is 4.79 Å². The molecule has 0 unspecified atom stereocenters. The number of hydrogen-bond donors (Lipinski definition) is 0. The van der Waals surface area contributed by atoms with Crippen molar-refractivity contribution in [1.82, 2.24) is 14.8 Å². The van der Waals surface area contributed by atoms with Crippen molar-refractivity contribution in [2.24, 2.45) is 0 Å². The lowest BCUT2D eigenvalue weighted by atomic mass is 10.3. The molecule has 1 fully saturated rings. The van der Waals surface area contributed by atoms with Crippen molar-refractivity contribution in [2.75, 3.05) is 39.0 Å². The second-order valence-electron chi connectivity index (χ2n) is 5.37. The summed E-state index contributed by atoms with van der Waals surface area (Å²) in [7, 11) is 2.08. The fourth-order valence-corrected chi connectivity index (χ4v) is 3.31. The quantitative estimate of drug-likeness (QED) is 0.802. The minimum Gasteiger partial charge on any atom is -0.431 e. The Balaban J connectivity index is 1.50. The molecule has 0 N–H and O–H groups in total. The van der Waals surface area contributed by atoms with Gasteiger partial charge in [0.25, 0.3) is 5.22 Å². The third-order valence-corrected chi connectivity index (χ3v) is 4.79. The van der Waals surface area contributed by atoms with E-state index in [1.54, 1.807) is 12.1 Å². The Morgan fingerprint density at radius 2 is 2.14 bits per heavy atom. The van der Waals surface area contributed by atoms with Crippen LogP contribution in [0.1, 0.15) is 6.42 Å². The highest BCUT2D eigenvalue weighted by molar-refractivity contribution is 7.99. The Bertz CT molecular complexity index is 668. The number of likely N-dealkylation sites (N-methyl/N-ethyl adjacent to an activating group) is 1. The number of thioether (sulfide) groups is 1. The summed E-state index contributed by atoms with van der Waals surface area (Å²) in [4.78, 5) is 20.7. The first-order valence-electron chi connectivity index (χ1n) is 7.27. The molecule has 1 amide bonds. The van der Waals surface area contributed by atoms with Gasteiger partial charge in [0, 0.05) is 43.4 Å². The second kappa shape index (κ2) is 6.89. The monoisotopic (exact) mass is 339 g/mol. The van der Waals surface area contributed by atoms with E-state index in [1.165, 1.54) is 11.8 Å². The lowest BCUT2D eigenvalue weighted by molar-refractivity contribution is -0.132. The van der Waals surface area contributed by atoms with E-state index in [0.29, 0.717) is 22.4 Å². The van der Waals surface area contributed by atoms with Crippen LogP contribution in [-0.4, -0.2) is 59.7 Å². The molecule has 3 rings (SSSR count). The molecule has 0 spiro atoms. The predicted molar refractivity (Wildman–Crippen MR) is 88.4 cm³/mol. The van der Waals surface area contributed by atoms with Crippen LogP contribution in [0.5, 0.6) is 0 Å². The fraction of sp³-hybridized carbons (Fsp3) is 0.467. The zero-order valence-corrected chi connectivity index (χ0v) is 14.0. The summed E-state index contributed by atoms with van der Waals surface area (Å²) in [6.45, 7) is 3.54. The first kappa shape index (κ1) is 15.6. The molecule has 0 radical (unpaired) electrons. The SMILES string of the molecule is CN1CCN(C(=O)CCSc2nc3cc(Cl)ccc3o2)CC1. The number of carbonyl (C=O) groups excluding carboxylic acids is 1. The van der Waals surface area contributed by atoms with Crippen LogP contribution < -0.4 is 0 Å². The summed E-state index contributed by atoms with van der Waals surface area (Å²) in [5, 5.41) is 1.23. The average molecular weight is 340 g/mol. The molecule has 5 nitrogen and oxygen atoms in total. The van der Waals surface area contributed by atoms with Gasteiger partial charge in [-0.1, -0.05) is 23.4 Å². The second-order valence-corrected chi connectivity index (χ2v) is 6.86. The molecule has 0 bridgehead atoms. The molecule has 1 aliphatic heterocycles. The lowest BCUT2D eigenvalue weighted by Crippen LogP contribution is -2.47. The molecule has 0 aliphatic carbocycles. The van der Waals surface area contributed by atoms with Crippen LogP contribution in [0.3, 0.4) is 0 Å². The van der Waals surface area contributed by atoms with Gasteiger partial charge in [-0.2, -0.15) is 0 Å². The summed E-state index contributed by atoms with van der Waals surface area (Å²) in [6.07, 6.45) is 0.508. The number of halogens is 1. The third kappa shape index (κ3) is 3.74. The van der Waals surface area contributed by atoms with Gasteiger partial charge in [0.1, 0.15) is 5.52 Å². The minimum absolute atomic E-state index is 0.208. The number of hydrogen-bond acceptors (Lipinski definition) is 5. The predicted octanol–water partition coefficient (Wildman–Crippen LogP) is 2.74. The van der Waals surface area contributed by atoms with E-state index in [1.807, 2.05) is 11.0 Å². The maximum absolute atomic E-state index is 12.1. The van der Waals surface area contributed by atoms with Crippen molar-refractivity contribution in [3.63, 3.8) is 0 Å². The molecule has 118 valence electrons. The van der Waals surface area contributed by atoms with Crippen LogP contribution in [0.25, 0.3) is 11.1 Å². The third-order valence-electron chi connectivity index (χ3n) is 3.73. The number of oxazole rings is 1. The minimum atomic E-state index is 0.208. The largest absolute Gasteiger partial charge is 0.431 e. The van der Waals surface area contributed by atoms with Crippen LogP contribution in [0.15, 0.2) is 27.8 Å². The highest BCUT2D eigenvalue weighted by Gasteiger charge is 2.18. The Hall–Kier alpha value is -1.24. The highest BCUT2D eigenvalue weighted by atomic mass is 35.5. The summed E-state index contributed by atoms with van der Waals surface area (Å²) in [5.74, 6) is 0.880. The normalized spacial score (nSPS) is 16.4. The summed E-state index contributed by atoms with van der Waals surface area (Å²) in [5.41, 5.74) is 1.47. The topological polar surface area (TPSA) is 49.6 Å². The van der Waals surface area contributed by atoms with Gasteiger partial charge in [0.15, 0.2) is 5.58 Å². The standard InChI is InChI=1S/C15H18ClN3O2S/c1-18-5-7-19(8-6-18)14(20)4-9-22-15-17-12-10-11(16)2-3-13(12)21-15/h2-3,10H,4-9H2,1H3. The molecule has 22 heavy (non-hydrogen) atoms. The molecule has 7 heteroatoms. The zero-order chi connectivity index (χ0) is 15.5. The number of piperazine rings is 1. The number of carbonyl (C=O) groups is 1. The summed E-state index contributed by atoms with van der Waals surface area (Å²) >= 11 is 7.39. The summed E-state index contributed by atoms with van der Waals surface area (Å²) < 4.78 is 5.63. The zero-order valence-electron chi connectivity index (χ0n) is 12.4. The maximum Gasteiger partial charge on any atom is 0.256 e. The van der Waals surface area contributed by atoms with Gasteiger partial charge in [0.2, 0.25) is 5.91 Å². The van der Waals surface area contributed by atoms with Gasteiger partial charge in [0.05, 0.1) is 0 Å². The average Bonchev–Trinajstić information content (AvgIpc) is 2.89. The van der Waals surface area contributed by atoms with Crippen molar-refractivity contribution in [1.29, 1.82) is 0 Å². The molecular weight excluding hydrogens is 322 g/mol. The number of rotatable bonds is 4. The number of benzene rings is 1. The highest BCUT2D eigenvalue weighted by Crippen LogP contribution is 2.26. The molecule has 1 aromatic carbocycles. The van der Waals surface area contributed by atoms with Gasteiger partial charge >= 0.3 is 0 Å². The molecule has 0 saturated carbocycles. The number of aromatic nitrogens is 1. The molecule has 0 atom stereocenters. The van der Waals surface area contributed by atoms with E-state index >= 15 is 0 Å². The van der Waals surface area contributed by atoms with Crippen LogP contribution in [0.4, 0.5) is 0 Å². The van der Waals surface area contributed by atoms with Crippen LogP contribution >= 0.6 is 23.4 Å². The molecule has 1 aromatic heterocycles. The van der Waals surface area contributed by atoms with E-state index in [-0.39, 0.29) is 5.91 Å². The van der Waals surface area contributed by atoms with E-state index < -0.39 is 0 Å². The van der Waals surface area contributed by atoms with Gasteiger partial charge in [-0.05, 0) is 25.2 Å². The van der Waals surface area contributed by atoms with Gasteiger partial charge in [-0.15, -0.1) is 0 Å². The Kier molecular flexibility index (Phi) is 4.90. The van der Waals surface area contributed by atoms with Crippen molar-refractivity contribution in [2.45, 2.75) is 11.6 Å². The van der Waals surface area contributed by atoms with Crippen molar-refractivity contribution in [3.05, 3.63) is 23.2 Å². The van der Waals surface area contributed by atoms with Crippen LogP contribution in [0.2, 0.25) is 5.02 Å². The number of amides is 1. The Morgan fingerprint density at radius 3 is 2.91 bits per heavy atom. The van der Waals surface area contributed by atoms with E-state index in [0.717, 1.165) is 37.3 Å². The van der Waals surface area contributed by atoms with Gasteiger partial charge in [-0.3, -0.25) is 4.79 Å². The first-order chi connectivity index (χ1) is 10.6. The molecule has 2 aromatic rings. The molecule has 2 heterocycles. The van der Waals surface area contributed by atoms with E-state index in [4.69, 9.17) is 16.0 Å².